The van der Waals surface area contributed by atoms with Crippen LogP contribution in [0.25, 0.3) is 0 Å². The minimum Gasteiger partial charge on any atom is -0.464 e. The molecule has 0 bridgehead atoms. The van der Waals surface area contributed by atoms with Gasteiger partial charge in [-0.3, -0.25) is 9.59 Å². The van der Waals surface area contributed by atoms with Crippen molar-refractivity contribution < 1.29 is 28.2 Å². The number of carbonyl (C=O) groups excluding carboxylic acids is 2. The molecule has 0 saturated heterocycles. The van der Waals surface area contributed by atoms with Crippen LogP contribution in [0, 0.1) is 12.8 Å². The smallest absolute Gasteiger partial charge is 0.242 e. The third-order valence-electron chi connectivity index (χ3n) is 5.79. The lowest BCUT2D eigenvalue weighted by molar-refractivity contribution is -0.142. The third kappa shape index (κ3) is 6.28. The molecule has 4 rings (SSSR count). The van der Waals surface area contributed by atoms with Gasteiger partial charge in [0.05, 0.1) is 13.1 Å². The summed E-state index contributed by atoms with van der Waals surface area (Å²) in [6.07, 6.45) is 2.52. The Hall–Kier alpha value is -3.00. The van der Waals surface area contributed by atoms with Crippen LogP contribution >= 0.6 is 0 Å². The highest BCUT2D eigenvalue weighted by Crippen LogP contribution is 2.33. The molecule has 2 aliphatic rings. The molecule has 0 N–H and O–H groups in total. The first kappa shape index (κ1) is 23.2. The van der Waals surface area contributed by atoms with Gasteiger partial charge in [0.25, 0.3) is 0 Å². The van der Waals surface area contributed by atoms with E-state index in [1.807, 2.05) is 44.2 Å². The standard InChI is InChI=1S/C25H32N2O6/c1-3-30-12-4-11-26(25(29)20-7-8-20)16-24(28)27(15-21-9-5-18(2)33-21)14-19-6-10-22-23(13-19)32-17-31-22/h5-6,9-10,13,20H,3-4,7-8,11-12,14-17H2,1-2H3. The quantitative estimate of drug-likeness (QED) is 0.455. The molecule has 2 heterocycles. The number of hydrogen-bond acceptors (Lipinski definition) is 6. The topological polar surface area (TPSA) is 81.5 Å². The minimum absolute atomic E-state index is 0.0473. The maximum absolute atomic E-state index is 13.4. The van der Waals surface area contributed by atoms with Crippen LogP contribution in [-0.4, -0.2) is 54.7 Å². The van der Waals surface area contributed by atoms with Crippen LogP contribution in [0.3, 0.4) is 0 Å². The summed E-state index contributed by atoms with van der Waals surface area (Å²) >= 11 is 0. The second-order valence-electron chi connectivity index (χ2n) is 8.53. The molecule has 1 saturated carbocycles. The van der Waals surface area contributed by atoms with Crippen LogP contribution in [0.5, 0.6) is 11.5 Å². The first-order valence-corrected chi connectivity index (χ1v) is 11.6. The zero-order chi connectivity index (χ0) is 23.2. The molecule has 33 heavy (non-hydrogen) atoms. The van der Waals surface area contributed by atoms with Crippen LogP contribution < -0.4 is 9.47 Å². The fourth-order valence-corrected chi connectivity index (χ4v) is 3.87. The van der Waals surface area contributed by atoms with Crippen molar-refractivity contribution in [2.24, 2.45) is 5.92 Å². The zero-order valence-electron chi connectivity index (χ0n) is 19.4. The van der Waals surface area contributed by atoms with Crippen molar-refractivity contribution in [1.29, 1.82) is 0 Å². The van der Waals surface area contributed by atoms with E-state index in [4.69, 9.17) is 18.6 Å². The maximum Gasteiger partial charge on any atom is 0.242 e. The van der Waals surface area contributed by atoms with E-state index in [2.05, 4.69) is 0 Å². The molecular formula is C25H32N2O6. The number of carbonyl (C=O) groups is 2. The van der Waals surface area contributed by atoms with E-state index in [0.29, 0.717) is 56.5 Å². The molecule has 2 aromatic rings. The molecule has 0 unspecified atom stereocenters. The Morgan fingerprint density at radius 1 is 1.06 bits per heavy atom. The van der Waals surface area contributed by atoms with Gasteiger partial charge in [0.1, 0.15) is 11.5 Å². The van der Waals surface area contributed by atoms with E-state index in [-0.39, 0.29) is 31.1 Å². The molecule has 0 radical (unpaired) electrons. The molecule has 8 nitrogen and oxygen atoms in total. The number of nitrogens with zero attached hydrogens (tertiary/aromatic N) is 2. The Labute approximate surface area is 194 Å². The van der Waals surface area contributed by atoms with Crippen molar-refractivity contribution in [3.8, 4) is 11.5 Å². The zero-order valence-corrected chi connectivity index (χ0v) is 19.4. The summed E-state index contributed by atoms with van der Waals surface area (Å²) in [4.78, 5) is 29.7. The Balaban J connectivity index is 1.47. The van der Waals surface area contributed by atoms with Crippen molar-refractivity contribution in [3.63, 3.8) is 0 Å². The van der Waals surface area contributed by atoms with Gasteiger partial charge in [-0.05, 0) is 62.9 Å². The van der Waals surface area contributed by atoms with E-state index >= 15 is 0 Å². The predicted octanol–water partition coefficient (Wildman–Crippen LogP) is 3.51. The highest BCUT2D eigenvalue weighted by atomic mass is 16.7. The molecule has 178 valence electrons. The summed E-state index contributed by atoms with van der Waals surface area (Å²) in [7, 11) is 0. The van der Waals surface area contributed by atoms with Gasteiger partial charge >= 0.3 is 0 Å². The summed E-state index contributed by atoms with van der Waals surface area (Å²) in [6.45, 7) is 6.50. The lowest BCUT2D eigenvalue weighted by atomic mass is 10.1. The van der Waals surface area contributed by atoms with Crippen molar-refractivity contribution in [1.82, 2.24) is 9.80 Å². The number of fused-ring (bicyclic) bond motifs is 1. The van der Waals surface area contributed by atoms with Crippen LogP contribution in [0.1, 0.15) is 43.3 Å². The lowest BCUT2D eigenvalue weighted by Crippen LogP contribution is -2.43. The molecule has 1 aliphatic heterocycles. The summed E-state index contributed by atoms with van der Waals surface area (Å²) < 4.78 is 22.0. The van der Waals surface area contributed by atoms with E-state index in [9.17, 15) is 9.59 Å². The molecule has 1 aromatic carbocycles. The van der Waals surface area contributed by atoms with Crippen molar-refractivity contribution in [2.45, 2.75) is 46.2 Å². The molecule has 0 atom stereocenters. The average Bonchev–Trinajstić information content (AvgIpc) is 3.42. The van der Waals surface area contributed by atoms with Gasteiger partial charge in [-0.1, -0.05) is 6.07 Å². The van der Waals surface area contributed by atoms with Crippen LogP contribution in [0.4, 0.5) is 0 Å². The summed E-state index contributed by atoms with van der Waals surface area (Å²) in [5.41, 5.74) is 0.923. The Kier molecular flexibility index (Phi) is 7.54. The fraction of sp³-hybridized carbons (Fsp3) is 0.520. The van der Waals surface area contributed by atoms with Gasteiger partial charge in [-0.15, -0.1) is 0 Å². The molecule has 1 aromatic heterocycles. The third-order valence-corrected chi connectivity index (χ3v) is 5.79. The van der Waals surface area contributed by atoms with E-state index in [1.54, 1.807) is 9.80 Å². The summed E-state index contributed by atoms with van der Waals surface area (Å²) in [5, 5.41) is 0. The van der Waals surface area contributed by atoms with Crippen LogP contribution in [-0.2, 0) is 27.4 Å². The van der Waals surface area contributed by atoms with Crippen LogP contribution in [0.2, 0.25) is 0 Å². The fourth-order valence-electron chi connectivity index (χ4n) is 3.87. The van der Waals surface area contributed by atoms with E-state index < -0.39 is 0 Å². The second-order valence-corrected chi connectivity index (χ2v) is 8.53. The van der Waals surface area contributed by atoms with Gasteiger partial charge in [0, 0.05) is 32.2 Å². The van der Waals surface area contributed by atoms with Gasteiger partial charge in [-0.2, -0.15) is 0 Å². The number of aryl methyl sites for hydroxylation is 1. The number of furan rings is 1. The first-order valence-electron chi connectivity index (χ1n) is 11.6. The van der Waals surface area contributed by atoms with E-state index in [1.165, 1.54) is 0 Å². The molecule has 8 heteroatoms. The highest BCUT2D eigenvalue weighted by molar-refractivity contribution is 5.87. The monoisotopic (exact) mass is 456 g/mol. The lowest BCUT2D eigenvalue weighted by Gasteiger charge is -2.27. The molecule has 2 amide bonds. The minimum atomic E-state index is -0.118. The number of rotatable bonds is 12. The first-order chi connectivity index (χ1) is 16.0. The van der Waals surface area contributed by atoms with Gasteiger partial charge < -0.3 is 28.4 Å². The normalized spacial score (nSPS) is 14.4. The summed E-state index contributed by atoms with van der Waals surface area (Å²) in [5.74, 6) is 2.88. The second kappa shape index (κ2) is 10.7. The highest BCUT2D eigenvalue weighted by Gasteiger charge is 2.34. The van der Waals surface area contributed by atoms with Gasteiger partial charge in [-0.25, -0.2) is 0 Å². The number of ether oxygens (including phenoxy) is 3. The van der Waals surface area contributed by atoms with Gasteiger partial charge in [0.2, 0.25) is 18.6 Å². The Morgan fingerprint density at radius 3 is 2.61 bits per heavy atom. The molecule has 1 aliphatic carbocycles. The average molecular weight is 457 g/mol. The molecule has 0 spiro atoms. The number of hydrogen-bond donors (Lipinski definition) is 0. The van der Waals surface area contributed by atoms with Crippen molar-refractivity contribution in [2.75, 3.05) is 33.1 Å². The SMILES string of the molecule is CCOCCCN(CC(=O)N(Cc1ccc2c(c1)OCO2)Cc1ccc(C)o1)C(=O)C1CC1. The number of amides is 2. The van der Waals surface area contributed by atoms with Gasteiger partial charge in [0.15, 0.2) is 11.5 Å². The maximum atomic E-state index is 13.4. The Bertz CT molecular complexity index is 968. The Morgan fingerprint density at radius 2 is 1.88 bits per heavy atom. The molecule has 1 fully saturated rings. The molecular weight excluding hydrogens is 424 g/mol. The van der Waals surface area contributed by atoms with Crippen molar-refractivity contribution >= 4 is 11.8 Å². The van der Waals surface area contributed by atoms with E-state index in [0.717, 1.165) is 24.2 Å². The van der Waals surface area contributed by atoms with Crippen molar-refractivity contribution in [3.05, 3.63) is 47.4 Å². The van der Waals surface area contributed by atoms with Crippen LogP contribution in [0.15, 0.2) is 34.7 Å². The summed E-state index contributed by atoms with van der Waals surface area (Å²) in [6, 6.07) is 9.44. The number of benzene rings is 1. The largest absolute Gasteiger partial charge is 0.464 e. The predicted molar refractivity (Wildman–Crippen MR) is 121 cm³/mol.